The zero-order valence-electron chi connectivity index (χ0n) is 13.7. The van der Waals surface area contributed by atoms with Crippen LogP contribution in [0.4, 0.5) is 11.4 Å². The van der Waals surface area contributed by atoms with E-state index in [1.54, 1.807) is 30.3 Å². The molecule has 130 valence electrons. The van der Waals surface area contributed by atoms with E-state index in [0.717, 1.165) is 5.56 Å². The summed E-state index contributed by atoms with van der Waals surface area (Å²) in [6.07, 6.45) is 1.84. The standard InChI is InChI=1S/C18H14N4O4/c23-17-10-19-21(15-4-2-1-3-14(15)17)11-18(24)20-8-7-12-5-6-13(22(25)26)9-16(12)20/h1-6,9-10H,7-8,11H2. The second-order valence-electron chi connectivity index (χ2n) is 6.05. The van der Waals surface area contributed by atoms with Gasteiger partial charge in [0.1, 0.15) is 6.54 Å². The first kappa shape index (κ1) is 15.9. The maximum Gasteiger partial charge on any atom is 0.271 e. The Morgan fingerprint density at radius 1 is 1.23 bits per heavy atom. The number of nitrogens with zero attached hydrogens (tertiary/aromatic N) is 4. The van der Waals surface area contributed by atoms with Crippen LogP contribution in [0.2, 0.25) is 0 Å². The number of carbonyl (C=O) groups excluding carboxylic acids is 1. The highest BCUT2D eigenvalue weighted by Crippen LogP contribution is 2.31. The summed E-state index contributed by atoms with van der Waals surface area (Å²) >= 11 is 0. The molecule has 1 amide bonds. The van der Waals surface area contributed by atoms with E-state index in [4.69, 9.17) is 0 Å². The number of rotatable bonds is 3. The van der Waals surface area contributed by atoms with E-state index in [9.17, 15) is 19.7 Å². The third-order valence-electron chi connectivity index (χ3n) is 4.52. The molecule has 8 nitrogen and oxygen atoms in total. The minimum atomic E-state index is -0.474. The third kappa shape index (κ3) is 2.61. The number of non-ortho nitro benzene ring substituents is 1. The number of para-hydroxylation sites is 1. The van der Waals surface area contributed by atoms with Crippen molar-refractivity contribution in [1.29, 1.82) is 0 Å². The van der Waals surface area contributed by atoms with Gasteiger partial charge in [-0.25, -0.2) is 0 Å². The number of amides is 1. The molecule has 0 fully saturated rings. The SMILES string of the molecule is O=C(Cn1ncc(=O)c2ccccc21)N1CCc2ccc([N+](=O)[O-])cc21. The normalized spacial score (nSPS) is 13.0. The molecule has 0 radical (unpaired) electrons. The van der Waals surface area contributed by atoms with Gasteiger partial charge < -0.3 is 4.90 Å². The maximum absolute atomic E-state index is 12.8. The Hall–Kier alpha value is -3.55. The molecule has 2 aromatic carbocycles. The van der Waals surface area contributed by atoms with Crippen molar-refractivity contribution in [2.45, 2.75) is 13.0 Å². The van der Waals surface area contributed by atoms with Gasteiger partial charge in [-0.3, -0.25) is 24.4 Å². The molecule has 1 aliphatic rings. The van der Waals surface area contributed by atoms with Gasteiger partial charge in [-0.2, -0.15) is 5.10 Å². The third-order valence-corrected chi connectivity index (χ3v) is 4.52. The number of nitro groups is 1. The average Bonchev–Trinajstić information content (AvgIpc) is 3.07. The summed E-state index contributed by atoms with van der Waals surface area (Å²) in [4.78, 5) is 36.8. The molecule has 1 aliphatic heterocycles. The van der Waals surface area contributed by atoms with Crippen LogP contribution in [0.25, 0.3) is 10.9 Å². The Balaban J connectivity index is 1.68. The Kier molecular flexibility index (Phi) is 3.72. The molecule has 0 saturated heterocycles. The fourth-order valence-corrected chi connectivity index (χ4v) is 3.24. The van der Waals surface area contributed by atoms with Crippen molar-refractivity contribution in [3.8, 4) is 0 Å². The van der Waals surface area contributed by atoms with Gasteiger partial charge >= 0.3 is 0 Å². The molecule has 0 unspecified atom stereocenters. The van der Waals surface area contributed by atoms with Gasteiger partial charge in [0.2, 0.25) is 11.3 Å². The molecule has 3 aromatic rings. The van der Waals surface area contributed by atoms with Crippen molar-refractivity contribution in [3.05, 3.63) is 74.6 Å². The van der Waals surface area contributed by atoms with Gasteiger partial charge in [-0.05, 0) is 24.1 Å². The lowest BCUT2D eigenvalue weighted by Crippen LogP contribution is -2.33. The van der Waals surface area contributed by atoms with E-state index in [0.29, 0.717) is 29.6 Å². The van der Waals surface area contributed by atoms with Crippen molar-refractivity contribution in [2.24, 2.45) is 0 Å². The van der Waals surface area contributed by atoms with Crippen LogP contribution in [0.15, 0.2) is 53.5 Å². The van der Waals surface area contributed by atoms with Crippen molar-refractivity contribution in [3.63, 3.8) is 0 Å². The predicted molar refractivity (Wildman–Crippen MR) is 95.2 cm³/mol. The minimum absolute atomic E-state index is 0.0459. The van der Waals surface area contributed by atoms with Crippen molar-refractivity contribution in [2.75, 3.05) is 11.4 Å². The van der Waals surface area contributed by atoms with Gasteiger partial charge in [0, 0.05) is 24.1 Å². The van der Waals surface area contributed by atoms with Crippen LogP contribution in [0.5, 0.6) is 0 Å². The van der Waals surface area contributed by atoms with Gasteiger partial charge in [0.05, 0.1) is 22.3 Å². The molecular formula is C18H14N4O4. The number of benzene rings is 2. The quantitative estimate of drug-likeness (QED) is 0.531. The molecule has 0 saturated carbocycles. The van der Waals surface area contributed by atoms with E-state index in [1.165, 1.54) is 27.9 Å². The Labute approximate surface area is 147 Å². The maximum atomic E-state index is 12.8. The molecule has 2 heterocycles. The first-order chi connectivity index (χ1) is 12.5. The smallest absolute Gasteiger partial charge is 0.271 e. The lowest BCUT2D eigenvalue weighted by molar-refractivity contribution is -0.384. The molecule has 0 aliphatic carbocycles. The summed E-state index contributed by atoms with van der Waals surface area (Å²) in [6.45, 7) is 0.413. The second-order valence-corrected chi connectivity index (χ2v) is 6.05. The van der Waals surface area contributed by atoms with Crippen molar-refractivity contribution >= 4 is 28.2 Å². The van der Waals surface area contributed by atoms with Crippen LogP contribution < -0.4 is 10.3 Å². The number of carbonyl (C=O) groups is 1. The largest absolute Gasteiger partial charge is 0.310 e. The van der Waals surface area contributed by atoms with Crippen LogP contribution in [-0.2, 0) is 17.8 Å². The van der Waals surface area contributed by atoms with Crippen molar-refractivity contribution < 1.29 is 9.72 Å². The molecule has 0 N–H and O–H groups in total. The van der Waals surface area contributed by atoms with E-state index in [2.05, 4.69) is 5.10 Å². The summed E-state index contributed by atoms with van der Waals surface area (Å²) in [7, 11) is 0. The highest BCUT2D eigenvalue weighted by molar-refractivity contribution is 5.96. The zero-order valence-corrected chi connectivity index (χ0v) is 13.7. The number of anilines is 1. The van der Waals surface area contributed by atoms with E-state index in [-0.39, 0.29) is 23.6 Å². The zero-order chi connectivity index (χ0) is 18.3. The second kappa shape index (κ2) is 6.07. The molecule has 26 heavy (non-hydrogen) atoms. The molecule has 1 aromatic heterocycles. The Morgan fingerprint density at radius 3 is 2.85 bits per heavy atom. The minimum Gasteiger partial charge on any atom is -0.310 e. The first-order valence-corrected chi connectivity index (χ1v) is 8.07. The van der Waals surface area contributed by atoms with Crippen LogP contribution in [-0.4, -0.2) is 27.2 Å². The highest BCUT2D eigenvalue weighted by Gasteiger charge is 2.27. The lowest BCUT2D eigenvalue weighted by atomic mass is 10.1. The molecular weight excluding hydrogens is 336 g/mol. The monoisotopic (exact) mass is 350 g/mol. The van der Waals surface area contributed by atoms with Crippen LogP contribution in [0.1, 0.15) is 5.56 Å². The van der Waals surface area contributed by atoms with E-state index in [1.807, 2.05) is 0 Å². The predicted octanol–water partition coefficient (Wildman–Crippen LogP) is 1.89. The van der Waals surface area contributed by atoms with E-state index < -0.39 is 4.92 Å². The Morgan fingerprint density at radius 2 is 2.04 bits per heavy atom. The Bertz CT molecular complexity index is 1110. The average molecular weight is 350 g/mol. The summed E-state index contributed by atoms with van der Waals surface area (Å²) in [5, 5.41) is 15.6. The van der Waals surface area contributed by atoms with Gasteiger partial charge in [0.15, 0.2) is 0 Å². The summed E-state index contributed by atoms with van der Waals surface area (Å²) in [6, 6.07) is 11.5. The van der Waals surface area contributed by atoms with E-state index >= 15 is 0 Å². The first-order valence-electron chi connectivity index (χ1n) is 8.07. The van der Waals surface area contributed by atoms with Gasteiger partial charge in [-0.1, -0.05) is 18.2 Å². The topological polar surface area (TPSA) is 98.3 Å². The number of fused-ring (bicyclic) bond motifs is 2. The van der Waals surface area contributed by atoms with Crippen LogP contribution in [0.3, 0.4) is 0 Å². The summed E-state index contributed by atoms with van der Waals surface area (Å²) in [5.41, 5.74) is 1.80. The summed E-state index contributed by atoms with van der Waals surface area (Å²) < 4.78 is 1.48. The molecule has 0 bridgehead atoms. The van der Waals surface area contributed by atoms with Crippen LogP contribution in [0, 0.1) is 10.1 Å². The molecule has 0 spiro atoms. The number of hydrogen-bond acceptors (Lipinski definition) is 5. The summed E-state index contributed by atoms with van der Waals surface area (Å²) in [5.74, 6) is -0.231. The lowest BCUT2D eigenvalue weighted by Gasteiger charge is -2.18. The number of hydrogen-bond donors (Lipinski definition) is 0. The van der Waals surface area contributed by atoms with Gasteiger partial charge in [0.25, 0.3) is 5.69 Å². The molecule has 0 atom stereocenters. The molecule has 8 heteroatoms. The van der Waals surface area contributed by atoms with Crippen molar-refractivity contribution in [1.82, 2.24) is 9.78 Å². The fourth-order valence-electron chi connectivity index (χ4n) is 3.24. The number of aromatic nitrogens is 2. The number of nitro benzene ring substituents is 1. The van der Waals surface area contributed by atoms with Crippen LogP contribution >= 0.6 is 0 Å². The fraction of sp³-hybridized carbons (Fsp3) is 0.167. The van der Waals surface area contributed by atoms with Gasteiger partial charge in [-0.15, -0.1) is 0 Å². The highest BCUT2D eigenvalue weighted by atomic mass is 16.6. The molecule has 4 rings (SSSR count).